The van der Waals surface area contributed by atoms with Gasteiger partial charge in [0.1, 0.15) is 0 Å². The zero-order valence-corrected chi connectivity index (χ0v) is 14.1. The van der Waals surface area contributed by atoms with Crippen molar-refractivity contribution in [3.8, 4) is 0 Å². The third-order valence-electron chi connectivity index (χ3n) is 3.13. The van der Waals surface area contributed by atoms with Crippen LogP contribution in [-0.2, 0) is 14.8 Å². The van der Waals surface area contributed by atoms with Gasteiger partial charge in [0.15, 0.2) is 0 Å². The van der Waals surface area contributed by atoms with Gasteiger partial charge in [0, 0.05) is 13.0 Å². The fourth-order valence-electron chi connectivity index (χ4n) is 2.14. The summed E-state index contributed by atoms with van der Waals surface area (Å²) in [5, 5.41) is 8.71. The van der Waals surface area contributed by atoms with Crippen LogP contribution in [0, 0.1) is 17.3 Å². The number of rotatable bonds is 9. The van der Waals surface area contributed by atoms with E-state index in [-0.39, 0.29) is 23.5 Å². The Morgan fingerprint density at radius 3 is 2.15 bits per heavy atom. The third-order valence-corrected chi connectivity index (χ3v) is 5.02. The predicted octanol–water partition coefficient (Wildman–Crippen LogP) is 2.48. The van der Waals surface area contributed by atoms with Crippen molar-refractivity contribution in [3.05, 3.63) is 0 Å². The van der Waals surface area contributed by atoms with Gasteiger partial charge in [-0.2, -0.15) is 0 Å². The number of sulfonamides is 1. The molecule has 0 saturated heterocycles. The Labute approximate surface area is 123 Å². The van der Waals surface area contributed by atoms with Gasteiger partial charge in [0.25, 0.3) is 0 Å². The summed E-state index contributed by atoms with van der Waals surface area (Å²) in [6.45, 7) is 10.1. The zero-order valence-electron chi connectivity index (χ0n) is 13.3. The first-order chi connectivity index (χ1) is 8.93. The molecule has 5 nitrogen and oxygen atoms in total. The van der Waals surface area contributed by atoms with Gasteiger partial charge in [-0.15, -0.1) is 0 Å². The molecule has 0 rings (SSSR count). The van der Waals surface area contributed by atoms with Crippen molar-refractivity contribution in [1.29, 1.82) is 0 Å². The van der Waals surface area contributed by atoms with Gasteiger partial charge in [0.2, 0.25) is 10.0 Å². The lowest BCUT2D eigenvalue weighted by atomic mass is 9.88. The lowest BCUT2D eigenvalue weighted by Crippen LogP contribution is -2.34. The van der Waals surface area contributed by atoms with Crippen molar-refractivity contribution < 1.29 is 18.3 Å². The minimum atomic E-state index is -3.26. The van der Waals surface area contributed by atoms with Crippen molar-refractivity contribution in [2.75, 3.05) is 12.3 Å². The van der Waals surface area contributed by atoms with Crippen LogP contribution in [0.1, 0.15) is 53.9 Å². The van der Waals surface area contributed by atoms with E-state index in [1.165, 1.54) is 0 Å². The van der Waals surface area contributed by atoms with E-state index < -0.39 is 16.0 Å². The van der Waals surface area contributed by atoms with E-state index in [1.54, 1.807) is 0 Å². The molecular formula is C14H29NO4S. The van der Waals surface area contributed by atoms with Crippen molar-refractivity contribution >= 4 is 16.0 Å². The molecule has 0 aliphatic heterocycles. The van der Waals surface area contributed by atoms with Crippen molar-refractivity contribution in [1.82, 2.24) is 4.72 Å². The van der Waals surface area contributed by atoms with E-state index in [2.05, 4.69) is 4.72 Å². The number of hydrogen-bond acceptors (Lipinski definition) is 3. The van der Waals surface area contributed by atoms with Gasteiger partial charge in [-0.3, -0.25) is 4.79 Å². The molecule has 1 unspecified atom stereocenters. The monoisotopic (exact) mass is 307 g/mol. The molecule has 0 amide bonds. The number of carbonyl (C=O) groups is 1. The van der Waals surface area contributed by atoms with Crippen molar-refractivity contribution in [2.24, 2.45) is 17.3 Å². The fraction of sp³-hybridized carbons (Fsp3) is 0.929. The number of carboxylic acids is 1. The molecule has 0 saturated carbocycles. The number of nitrogens with one attached hydrogen (secondary N) is 1. The molecule has 0 radical (unpaired) electrons. The second-order valence-electron chi connectivity index (χ2n) is 6.94. The molecule has 0 aliphatic carbocycles. The lowest BCUT2D eigenvalue weighted by molar-refractivity contribution is -0.137. The molecule has 0 fully saturated rings. The van der Waals surface area contributed by atoms with Crippen LogP contribution >= 0.6 is 0 Å². The lowest BCUT2D eigenvalue weighted by Gasteiger charge is -2.22. The van der Waals surface area contributed by atoms with Gasteiger partial charge in [0.05, 0.1) is 5.75 Å². The van der Waals surface area contributed by atoms with Gasteiger partial charge in [-0.05, 0) is 30.1 Å². The van der Waals surface area contributed by atoms with Crippen LogP contribution in [0.4, 0.5) is 0 Å². The Kier molecular flexibility index (Phi) is 7.73. The molecule has 0 aliphatic rings. The molecule has 0 aromatic heterocycles. The van der Waals surface area contributed by atoms with Crippen LogP contribution in [0.2, 0.25) is 0 Å². The van der Waals surface area contributed by atoms with E-state index in [0.717, 1.165) is 0 Å². The first-order valence-electron chi connectivity index (χ1n) is 7.12. The summed E-state index contributed by atoms with van der Waals surface area (Å²) in [4.78, 5) is 10.6. The first kappa shape index (κ1) is 19.4. The summed E-state index contributed by atoms with van der Waals surface area (Å²) >= 11 is 0. The molecule has 0 aromatic rings. The number of carboxylic acid groups (broad SMARTS) is 1. The van der Waals surface area contributed by atoms with Crippen LogP contribution in [-0.4, -0.2) is 31.8 Å². The van der Waals surface area contributed by atoms with Crippen LogP contribution in [0.5, 0.6) is 0 Å². The Hall–Kier alpha value is -0.620. The van der Waals surface area contributed by atoms with Crippen LogP contribution in [0.25, 0.3) is 0 Å². The summed E-state index contributed by atoms with van der Waals surface area (Å²) < 4.78 is 26.3. The maximum atomic E-state index is 11.9. The minimum absolute atomic E-state index is 0.0987. The van der Waals surface area contributed by atoms with E-state index in [1.807, 2.05) is 34.6 Å². The van der Waals surface area contributed by atoms with Crippen molar-refractivity contribution in [2.45, 2.75) is 53.9 Å². The Morgan fingerprint density at radius 1 is 1.20 bits per heavy atom. The average Bonchev–Trinajstić information content (AvgIpc) is 2.18. The minimum Gasteiger partial charge on any atom is -0.481 e. The van der Waals surface area contributed by atoms with Gasteiger partial charge in [-0.25, -0.2) is 13.1 Å². The van der Waals surface area contributed by atoms with E-state index >= 15 is 0 Å². The summed E-state index contributed by atoms with van der Waals surface area (Å²) in [5.41, 5.74) is -0.271. The van der Waals surface area contributed by atoms with E-state index in [0.29, 0.717) is 25.3 Å². The standard InChI is InChI=1S/C14H29NO4S/c1-11(2)12(6-7-13(16)17)8-9-15-20(18,19)10-14(3,4)5/h11-12,15H,6-10H2,1-5H3,(H,16,17). The maximum absolute atomic E-state index is 11.9. The highest BCUT2D eigenvalue weighted by molar-refractivity contribution is 7.89. The molecule has 0 bridgehead atoms. The van der Waals surface area contributed by atoms with Crippen molar-refractivity contribution in [3.63, 3.8) is 0 Å². The highest BCUT2D eigenvalue weighted by atomic mass is 32.2. The normalized spacial score (nSPS) is 14.5. The summed E-state index contributed by atoms with van der Waals surface area (Å²) in [6.07, 6.45) is 1.40. The molecule has 0 aromatic carbocycles. The topological polar surface area (TPSA) is 83.5 Å². The van der Waals surface area contributed by atoms with Gasteiger partial charge < -0.3 is 5.11 Å². The highest BCUT2D eigenvalue weighted by Crippen LogP contribution is 2.21. The predicted molar refractivity (Wildman–Crippen MR) is 81.1 cm³/mol. The van der Waals surface area contributed by atoms with Crippen LogP contribution in [0.15, 0.2) is 0 Å². The zero-order chi connectivity index (χ0) is 16.0. The molecular weight excluding hydrogens is 278 g/mol. The second-order valence-corrected chi connectivity index (χ2v) is 8.75. The fourth-order valence-corrected chi connectivity index (χ4v) is 3.81. The Morgan fingerprint density at radius 2 is 1.75 bits per heavy atom. The van der Waals surface area contributed by atoms with Gasteiger partial charge >= 0.3 is 5.97 Å². The summed E-state index contributed by atoms with van der Waals surface area (Å²) in [5.74, 6) is -0.129. The molecule has 120 valence electrons. The Bertz CT molecular complexity index is 396. The van der Waals surface area contributed by atoms with E-state index in [9.17, 15) is 13.2 Å². The first-order valence-corrected chi connectivity index (χ1v) is 8.77. The molecule has 0 heterocycles. The smallest absolute Gasteiger partial charge is 0.303 e. The Balaban J connectivity index is 4.27. The molecule has 2 N–H and O–H groups in total. The second kappa shape index (κ2) is 7.98. The average molecular weight is 307 g/mol. The van der Waals surface area contributed by atoms with E-state index in [4.69, 9.17) is 5.11 Å². The largest absolute Gasteiger partial charge is 0.481 e. The van der Waals surface area contributed by atoms with Crippen LogP contribution < -0.4 is 4.72 Å². The third kappa shape index (κ3) is 10.2. The molecule has 6 heteroatoms. The maximum Gasteiger partial charge on any atom is 0.303 e. The molecule has 20 heavy (non-hydrogen) atoms. The SMILES string of the molecule is CC(C)C(CCNS(=O)(=O)CC(C)(C)C)CCC(=O)O. The summed E-state index contributed by atoms with van der Waals surface area (Å²) in [6, 6.07) is 0. The quantitative estimate of drug-likeness (QED) is 0.685. The number of aliphatic carboxylic acids is 1. The highest BCUT2D eigenvalue weighted by Gasteiger charge is 2.22. The number of hydrogen-bond donors (Lipinski definition) is 2. The molecule has 1 atom stereocenters. The van der Waals surface area contributed by atoms with Crippen LogP contribution in [0.3, 0.4) is 0 Å². The summed E-state index contributed by atoms with van der Waals surface area (Å²) in [7, 11) is -3.26. The van der Waals surface area contributed by atoms with Gasteiger partial charge in [-0.1, -0.05) is 34.6 Å². The molecule has 0 spiro atoms.